The van der Waals surface area contributed by atoms with Crippen LogP contribution in [0.3, 0.4) is 0 Å². The molecule has 0 aliphatic carbocycles. The standard InChI is InChI=1S/C22H27ClN4O3S/c1-13(28)10-26(11-14(2)29)22-24-20-19(17-8-9-25(3)12-18(17)31-20)21(30)27(22)16-6-4-15(23)5-7-16/h4-7,13-14,28-29H,8-12H2,1-3H3/t13-,14-/m0/s1. The van der Waals surface area contributed by atoms with Gasteiger partial charge < -0.3 is 20.0 Å². The molecule has 0 spiro atoms. The Hall–Kier alpha value is -1.97. The van der Waals surface area contributed by atoms with E-state index < -0.39 is 12.2 Å². The van der Waals surface area contributed by atoms with Gasteiger partial charge in [0, 0.05) is 36.1 Å². The number of anilines is 1. The highest BCUT2D eigenvalue weighted by atomic mass is 35.5. The average Bonchev–Trinajstić information content (AvgIpc) is 3.05. The predicted octanol–water partition coefficient (Wildman–Crippen LogP) is 2.66. The summed E-state index contributed by atoms with van der Waals surface area (Å²) in [4.78, 5) is 24.6. The van der Waals surface area contributed by atoms with Gasteiger partial charge >= 0.3 is 0 Å². The fourth-order valence-electron chi connectivity index (χ4n) is 4.07. The van der Waals surface area contributed by atoms with E-state index in [2.05, 4.69) is 11.9 Å². The summed E-state index contributed by atoms with van der Waals surface area (Å²) in [7, 11) is 2.07. The molecule has 0 unspecified atom stereocenters. The molecule has 2 N–H and O–H groups in total. The monoisotopic (exact) mass is 462 g/mol. The van der Waals surface area contributed by atoms with Crippen molar-refractivity contribution in [3.8, 4) is 5.69 Å². The first kappa shape index (κ1) is 22.2. The SMILES string of the molecule is C[C@H](O)CN(C[C@H](C)O)c1nc2sc3c(c2c(=O)n1-c1ccc(Cl)cc1)CCN(C)C3. The van der Waals surface area contributed by atoms with E-state index in [1.807, 2.05) is 0 Å². The minimum absolute atomic E-state index is 0.134. The third-order valence-electron chi connectivity index (χ3n) is 5.38. The summed E-state index contributed by atoms with van der Waals surface area (Å²) in [6.45, 7) is 5.54. The molecule has 2 aromatic heterocycles. The van der Waals surface area contributed by atoms with E-state index in [0.717, 1.165) is 25.1 Å². The van der Waals surface area contributed by atoms with Crippen LogP contribution >= 0.6 is 22.9 Å². The van der Waals surface area contributed by atoms with Crippen LogP contribution in [-0.4, -0.2) is 63.6 Å². The number of halogens is 1. The smallest absolute Gasteiger partial charge is 0.268 e. The molecule has 1 aliphatic rings. The normalized spacial score (nSPS) is 16.3. The number of likely N-dealkylation sites (N-methyl/N-ethyl adjacent to an activating group) is 1. The highest BCUT2D eigenvalue weighted by Crippen LogP contribution is 2.34. The number of aromatic nitrogens is 2. The molecule has 0 radical (unpaired) electrons. The van der Waals surface area contributed by atoms with E-state index in [-0.39, 0.29) is 18.6 Å². The first-order valence-corrected chi connectivity index (χ1v) is 11.6. The topological polar surface area (TPSA) is 81.8 Å². The zero-order valence-electron chi connectivity index (χ0n) is 17.9. The first-order valence-electron chi connectivity index (χ1n) is 10.4. The molecule has 0 saturated heterocycles. The summed E-state index contributed by atoms with van der Waals surface area (Å²) in [6, 6.07) is 7.05. The maximum atomic E-state index is 13.9. The molecule has 1 aromatic carbocycles. The third kappa shape index (κ3) is 4.49. The maximum Gasteiger partial charge on any atom is 0.268 e. The summed E-state index contributed by atoms with van der Waals surface area (Å²) in [5.41, 5.74) is 1.60. The molecule has 2 atom stereocenters. The van der Waals surface area contributed by atoms with E-state index in [9.17, 15) is 15.0 Å². The zero-order valence-corrected chi connectivity index (χ0v) is 19.4. The van der Waals surface area contributed by atoms with E-state index in [4.69, 9.17) is 16.6 Å². The van der Waals surface area contributed by atoms with Crippen molar-refractivity contribution in [1.82, 2.24) is 14.5 Å². The molecule has 0 bridgehead atoms. The van der Waals surface area contributed by atoms with Crippen LogP contribution in [0, 0.1) is 0 Å². The van der Waals surface area contributed by atoms with Gasteiger partial charge in [0.15, 0.2) is 0 Å². The van der Waals surface area contributed by atoms with Gasteiger partial charge in [0.05, 0.1) is 23.3 Å². The van der Waals surface area contributed by atoms with Crippen LogP contribution < -0.4 is 10.5 Å². The van der Waals surface area contributed by atoms with Crippen molar-refractivity contribution in [3.05, 3.63) is 50.1 Å². The first-order chi connectivity index (χ1) is 14.7. The van der Waals surface area contributed by atoms with Crippen molar-refractivity contribution >= 4 is 39.1 Å². The molecule has 166 valence electrons. The lowest BCUT2D eigenvalue weighted by Gasteiger charge is -2.28. The molecule has 1 aliphatic heterocycles. The van der Waals surface area contributed by atoms with Gasteiger partial charge in [-0.15, -0.1) is 11.3 Å². The van der Waals surface area contributed by atoms with Crippen molar-refractivity contribution in [1.29, 1.82) is 0 Å². The summed E-state index contributed by atoms with van der Waals surface area (Å²) in [6.07, 6.45) is -0.501. The van der Waals surface area contributed by atoms with E-state index in [1.165, 1.54) is 4.88 Å². The lowest BCUT2D eigenvalue weighted by atomic mass is 10.1. The van der Waals surface area contributed by atoms with Crippen LogP contribution in [0.15, 0.2) is 29.1 Å². The molecular weight excluding hydrogens is 436 g/mol. The lowest BCUT2D eigenvalue weighted by Crippen LogP contribution is -2.40. The van der Waals surface area contributed by atoms with Gasteiger partial charge in [0.2, 0.25) is 5.95 Å². The number of aliphatic hydroxyl groups is 2. The quantitative estimate of drug-likeness (QED) is 0.586. The van der Waals surface area contributed by atoms with Crippen LogP contribution in [0.25, 0.3) is 15.9 Å². The molecule has 31 heavy (non-hydrogen) atoms. The Bertz CT molecular complexity index is 1130. The van der Waals surface area contributed by atoms with Gasteiger partial charge in [-0.2, -0.15) is 0 Å². The minimum Gasteiger partial charge on any atom is -0.392 e. The van der Waals surface area contributed by atoms with Crippen molar-refractivity contribution in [3.63, 3.8) is 0 Å². The van der Waals surface area contributed by atoms with Crippen LogP contribution in [0.4, 0.5) is 5.95 Å². The second-order valence-electron chi connectivity index (χ2n) is 8.30. The molecule has 0 fully saturated rings. The molecule has 4 rings (SSSR count). The third-order valence-corrected chi connectivity index (χ3v) is 6.75. The molecule has 3 heterocycles. The molecule has 7 nitrogen and oxygen atoms in total. The Morgan fingerprint density at radius 2 is 1.84 bits per heavy atom. The van der Waals surface area contributed by atoms with Gasteiger partial charge in [0.1, 0.15) is 4.83 Å². The molecular formula is C22H27ClN4O3S. The van der Waals surface area contributed by atoms with E-state index in [1.54, 1.807) is 58.9 Å². The lowest BCUT2D eigenvalue weighted by molar-refractivity contribution is 0.177. The van der Waals surface area contributed by atoms with Gasteiger partial charge in [-0.3, -0.25) is 4.79 Å². The minimum atomic E-state index is -0.657. The van der Waals surface area contributed by atoms with Crippen LogP contribution in [-0.2, 0) is 13.0 Å². The second kappa shape index (κ2) is 8.88. The van der Waals surface area contributed by atoms with Crippen molar-refractivity contribution in [2.45, 2.75) is 39.0 Å². The number of rotatable bonds is 6. The predicted molar refractivity (Wildman–Crippen MR) is 126 cm³/mol. The van der Waals surface area contributed by atoms with E-state index in [0.29, 0.717) is 26.9 Å². The Morgan fingerprint density at radius 3 is 2.45 bits per heavy atom. The van der Waals surface area contributed by atoms with Gasteiger partial charge in [-0.1, -0.05) is 11.6 Å². The summed E-state index contributed by atoms with van der Waals surface area (Å²) in [5, 5.41) is 21.4. The highest BCUT2D eigenvalue weighted by Gasteiger charge is 2.26. The number of aliphatic hydroxyl groups excluding tert-OH is 2. The average molecular weight is 463 g/mol. The fraction of sp³-hybridized carbons (Fsp3) is 0.455. The van der Waals surface area contributed by atoms with Crippen molar-refractivity contribution in [2.75, 3.05) is 31.6 Å². The molecule has 3 aromatic rings. The Labute approximate surface area is 190 Å². The Morgan fingerprint density at radius 1 is 1.19 bits per heavy atom. The number of fused-ring (bicyclic) bond motifs is 3. The number of hydrogen-bond acceptors (Lipinski definition) is 7. The number of thiophene rings is 1. The number of hydrogen-bond donors (Lipinski definition) is 2. The fourth-order valence-corrected chi connectivity index (χ4v) is 5.48. The zero-order chi connectivity index (χ0) is 22.3. The molecule has 0 amide bonds. The van der Waals surface area contributed by atoms with Crippen molar-refractivity contribution in [2.24, 2.45) is 0 Å². The second-order valence-corrected chi connectivity index (χ2v) is 9.82. The highest BCUT2D eigenvalue weighted by molar-refractivity contribution is 7.18. The maximum absolute atomic E-state index is 13.9. The van der Waals surface area contributed by atoms with Crippen LogP contribution in [0.2, 0.25) is 5.02 Å². The Balaban J connectivity index is 1.99. The van der Waals surface area contributed by atoms with Gasteiger partial charge in [-0.05, 0) is 57.1 Å². The summed E-state index contributed by atoms with van der Waals surface area (Å²) < 4.78 is 1.58. The van der Waals surface area contributed by atoms with Crippen LogP contribution in [0.5, 0.6) is 0 Å². The molecule has 0 saturated carbocycles. The van der Waals surface area contributed by atoms with Gasteiger partial charge in [0.25, 0.3) is 5.56 Å². The Kier molecular flexibility index (Phi) is 6.37. The number of nitrogens with zero attached hydrogens (tertiary/aromatic N) is 4. The van der Waals surface area contributed by atoms with Crippen molar-refractivity contribution < 1.29 is 10.2 Å². The van der Waals surface area contributed by atoms with E-state index >= 15 is 0 Å². The summed E-state index contributed by atoms with van der Waals surface area (Å²) in [5.74, 6) is 0.411. The summed E-state index contributed by atoms with van der Waals surface area (Å²) >= 11 is 7.64. The van der Waals surface area contributed by atoms with Crippen LogP contribution in [0.1, 0.15) is 24.3 Å². The largest absolute Gasteiger partial charge is 0.392 e. The molecule has 9 heteroatoms. The number of benzene rings is 1. The van der Waals surface area contributed by atoms with Gasteiger partial charge in [-0.25, -0.2) is 9.55 Å².